The van der Waals surface area contributed by atoms with Gasteiger partial charge in [-0.2, -0.15) is 0 Å². The van der Waals surface area contributed by atoms with E-state index in [1.165, 1.54) is 0 Å². The molecule has 0 radical (unpaired) electrons. The molecular weight excluding hydrogens is 234 g/mol. The molecule has 2 unspecified atom stereocenters. The van der Waals surface area contributed by atoms with Crippen LogP contribution in [0.1, 0.15) is 20.8 Å². The van der Waals surface area contributed by atoms with Gasteiger partial charge >= 0.3 is 5.97 Å². The molecule has 0 spiro atoms. The molecule has 0 aliphatic carbocycles. The minimum absolute atomic E-state index is 0.0391. The molecule has 1 heterocycles. The molecule has 1 amide bonds. The number of carboxylic acids is 1. The van der Waals surface area contributed by atoms with E-state index >= 15 is 0 Å². The Morgan fingerprint density at radius 1 is 1.11 bits per heavy atom. The van der Waals surface area contributed by atoms with Gasteiger partial charge in [0.05, 0.1) is 6.04 Å². The van der Waals surface area contributed by atoms with Crippen LogP contribution in [0.4, 0.5) is 0 Å². The van der Waals surface area contributed by atoms with Gasteiger partial charge in [-0.05, 0) is 20.8 Å². The average molecular weight is 257 g/mol. The first-order valence-electron chi connectivity index (χ1n) is 6.46. The number of nitrogens with one attached hydrogen (secondary N) is 1. The largest absolute Gasteiger partial charge is 0.480 e. The van der Waals surface area contributed by atoms with E-state index in [0.29, 0.717) is 19.6 Å². The van der Waals surface area contributed by atoms with Gasteiger partial charge in [-0.25, -0.2) is 0 Å². The molecule has 2 N–H and O–H groups in total. The van der Waals surface area contributed by atoms with Crippen LogP contribution in [-0.4, -0.2) is 71.6 Å². The minimum atomic E-state index is -0.791. The van der Waals surface area contributed by atoms with Crippen molar-refractivity contribution in [2.45, 2.75) is 32.9 Å². The van der Waals surface area contributed by atoms with Crippen LogP contribution < -0.4 is 5.32 Å². The van der Waals surface area contributed by atoms with Crippen molar-refractivity contribution < 1.29 is 14.7 Å². The molecule has 0 saturated carbocycles. The van der Waals surface area contributed by atoms with Crippen LogP contribution in [-0.2, 0) is 9.59 Å². The fourth-order valence-corrected chi connectivity index (χ4v) is 2.16. The lowest BCUT2D eigenvalue weighted by molar-refractivity contribution is -0.144. The molecule has 1 saturated heterocycles. The first-order chi connectivity index (χ1) is 8.47. The molecule has 0 aromatic heterocycles. The summed E-state index contributed by atoms with van der Waals surface area (Å²) >= 11 is 0. The van der Waals surface area contributed by atoms with E-state index in [1.807, 2.05) is 18.7 Å². The van der Waals surface area contributed by atoms with Crippen molar-refractivity contribution >= 4 is 11.9 Å². The Morgan fingerprint density at radius 3 is 1.94 bits per heavy atom. The van der Waals surface area contributed by atoms with Gasteiger partial charge in [0.25, 0.3) is 0 Å². The van der Waals surface area contributed by atoms with Gasteiger partial charge in [0.15, 0.2) is 0 Å². The molecule has 1 rings (SSSR count). The van der Waals surface area contributed by atoms with Crippen LogP contribution in [0.15, 0.2) is 0 Å². The second-order valence-corrected chi connectivity index (χ2v) is 4.66. The zero-order chi connectivity index (χ0) is 13.7. The van der Waals surface area contributed by atoms with E-state index < -0.39 is 12.0 Å². The lowest BCUT2D eigenvalue weighted by Crippen LogP contribution is -2.56. The van der Waals surface area contributed by atoms with Gasteiger partial charge in [-0.1, -0.05) is 0 Å². The molecule has 18 heavy (non-hydrogen) atoms. The Hall–Kier alpha value is -1.14. The molecule has 104 valence electrons. The summed E-state index contributed by atoms with van der Waals surface area (Å²) in [6.45, 7) is 8.98. The summed E-state index contributed by atoms with van der Waals surface area (Å²) in [6.07, 6.45) is 0. The molecule has 0 aromatic rings. The topological polar surface area (TPSA) is 72.9 Å². The third kappa shape index (κ3) is 3.68. The van der Waals surface area contributed by atoms with E-state index in [0.717, 1.165) is 13.1 Å². The van der Waals surface area contributed by atoms with Crippen LogP contribution in [0.25, 0.3) is 0 Å². The molecule has 1 fully saturated rings. The number of nitrogens with zero attached hydrogens (tertiary/aromatic N) is 2. The Morgan fingerprint density at radius 2 is 1.56 bits per heavy atom. The molecule has 6 heteroatoms. The smallest absolute Gasteiger partial charge is 0.320 e. The first kappa shape index (κ1) is 14.9. The summed E-state index contributed by atoms with van der Waals surface area (Å²) in [7, 11) is 0. The van der Waals surface area contributed by atoms with Crippen molar-refractivity contribution in [3.8, 4) is 0 Å². The fourth-order valence-electron chi connectivity index (χ4n) is 2.16. The van der Waals surface area contributed by atoms with Crippen LogP contribution in [0.5, 0.6) is 0 Å². The third-order valence-electron chi connectivity index (χ3n) is 3.53. The monoisotopic (exact) mass is 257 g/mol. The summed E-state index contributed by atoms with van der Waals surface area (Å²) < 4.78 is 0. The van der Waals surface area contributed by atoms with Crippen molar-refractivity contribution in [3.05, 3.63) is 0 Å². The summed E-state index contributed by atoms with van der Waals surface area (Å²) in [4.78, 5) is 26.6. The molecule has 1 aliphatic heterocycles. The Bertz CT molecular complexity index is 301. The van der Waals surface area contributed by atoms with Gasteiger partial charge < -0.3 is 10.4 Å². The van der Waals surface area contributed by atoms with Crippen molar-refractivity contribution in [1.82, 2.24) is 15.1 Å². The van der Waals surface area contributed by atoms with Crippen molar-refractivity contribution in [2.75, 3.05) is 32.7 Å². The van der Waals surface area contributed by atoms with E-state index in [1.54, 1.807) is 6.92 Å². The standard InChI is InChI=1S/C12H23N3O3/c1-4-13-11(16)9(2)14-5-7-15(8-6-14)10(3)12(17)18/h9-10H,4-8H2,1-3H3,(H,13,16)(H,17,18). The van der Waals surface area contributed by atoms with Crippen LogP contribution in [0, 0.1) is 0 Å². The van der Waals surface area contributed by atoms with E-state index in [-0.39, 0.29) is 11.9 Å². The van der Waals surface area contributed by atoms with E-state index in [2.05, 4.69) is 10.2 Å². The normalized spacial score (nSPS) is 21.3. The molecule has 6 nitrogen and oxygen atoms in total. The number of likely N-dealkylation sites (N-methyl/N-ethyl adjacent to an activating group) is 1. The summed E-state index contributed by atoms with van der Waals surface area (Å²) in [5, 5.41) is 11.8. The lowest BCUT2D eigenvalue weighted by atomic mass is 10.2. The summed E-state index contributed by atoms with van der Waals surface area (Å²) in [5.41, 5.74) is 0. The summed E-state index contributed by atoms with van der Waals surface area (Å²) in [6, 6.07) is -0.598. The van der Waals surface area contributed by atoms with Crippen molar-refractivity contribution in [3.63, 3.8) is 0 Å². The number of aliphatic carboxylic acids is 1. The SMILES string of the molecule is CCNC(=O)C(C)N1CCN(C(C)C(=O)O)CC1. The number of piperazine rings is 1. The van der Waals surface area contributed by atoms with Crippen molar-refractivity contribution in [1.29, 1.82) is 0 Å². The predicted molar refractivity (Wildman–Crippen MR) is 68.4 cm³/mol. The van der Waals surface area contributed by atoms with Gasteiger partial charge in [-0.3, -0.25) is 19.4 Å². The number of amides is 1. The Kier molecular flexibility index (Phi) is 5.55. The van der Waals surface area contributed by atoms with Gasteiger partial charge in [0.1, 0.15) is 6.04 Å². The molecule has 0 bridgehead atoms. The highest BCUT2D eigenvalue weighted by Gasteiger charge is 2.29. The van der Waals surface area contributed by atoms with Gasteiger partial charge in [-0.15, -0.1) is 0 Å². The zero-order valence-corrected chi connectivity index (χ0v) is 11.3. The number of rotatable bonds is 5. The third-order valence-corrected chi connectivity index (χ3v) is 3.53. The molecule has 1 aliphatic rings. The average Bonchev–Trinajstić information content (AvgIpc) is 2.37. The molecule has 2 atom stereocenters. The Balaban J connectivity index is 2.43. The highest BCUT2D eigenvalue weighted by molar-refractivity contribution is 5.81. The van der Waals surface area contributed by atoms with Crippen LogP contribution >= 0.6 is 0 Å². The lowest BCUT2D eigenvalue weighted by Gasteiger charge is -2.38. The Labute approximate surface area is 108 Å². The van der Waals surface area contributed by atoms with Crippen LogP contribution in [0.2, 0.25) is 0 Å². The fraction of sp³-hybridized carbons (Fsp3) is 0.833. The van der Waals surface area contributed by atoms with Gasteiger partial charge in [0, 0.05) is 32.7 Å². The second-order valence-electron chi connectivity index (χ2n) is 4.66. The molecular formula is C12H23N3O3. The highest BCUT2D eigenvalue weighted by atomic mass is 16.4. The minimum Gasteiger partial charge on any atom is -0.480 e. The quantitative estimate of drug-likeness (QED) is 0.701. The second kappa shape index (κ2) is 6.70. The highest BCUT2D eigenvalue weighted by Crippen LogP contribution is 2.09. The van der Waals surface area contributed by atoms with Crippen molar-refractivity contribution in [2.24, 2.45) is 0 Å². The maximum atomic E-state index is 11.7. The number of carbonyl (C=O) groups is 2. The molecule has 0 aromatic carbocycles. The summed E-state index contributed by atoms with van der Waals surface area (Å²) in [5.74, 6) is -0.752. The number of carboxylic acid groups (broad SMARTS) is 1. The number of hydrogen-bond donors (Lipinski definition) is 2. The number of carbonyl (C=O) groups excluding carboxylic acids is 1. The first-order valence-corrected chi connectivity index (χ1v) is 6.46. The van der Waals surface area contributed by atoms with E-state index in [4.69, 9.17) is 5.11 Å². The predicted octanol–water partition coefficient (Wildman–Crippen LogP) is -0.398. The maximum absolute atomic E-state index is 11.7. The van der Waals surface area contributed by atoms with E-state index in [9.17, 15) is 9.59 Å². The van der Waals surface area contributed by atoms with Crippen LogP contribution in [0.3, 0.4) is 0 Å². The number of hydrogen-bond acceptors (Lipinski definition) is 4. The van der Waals surface area contributed by atoms with Gasteiger partial charge in [0.2, 0.25) is 5.91 Å². The zero-order valence-electron chi connectivity index (χ0n) is 11.3. The maximum Gasteiger partial charge on any atom is 0.320 e.